The molecule has 2 aliphatic carbocycles. The summed E-state index contributed by atoms with van der Waals surface area (Å²) in [5.74, 6) is -6.72. The molecule has 2 fully saturated rings. The highest BCUT2D eigenvalue weighted by atomic mass is 35.5. The number of alkyl carbamates (subject to hydrolysis) is 1. The minimum atomic E-state index is -4.05. The Balaban J connectivity index is 1.50. The van der Waals surface area contributed by atoms with Gasteiger partial charge < -0.3 is 20.7 Å². The van der Waals surface area contributed by atoms with Gasteiger partial charge >= 0.3 is 6.09 Å². The lowest BCUT2D eigenvalue weighted by Crippen LogP contribution is -2.54. The first-order valence-electron chi connectivity index (χ1n) is 13.4. The number of halogens is 4. The van der Waals surface area contributed by atoms with Crippen molar-refractivity contribution in [1.82, 2.24) is 10.6 Å². The van der Waals surface area contributed by atoms with Gasteiger partial charge in [-0.3, -0.25) is 9.59 Å². The van der Waals surface area contributed by atoms with E-state index >= 15 is 0 Å². The fourth-order valence-electron chi connectivity index (χ4n) is 5.95. The number of ether oxygens (including phenoxy) is 1. The van der Waals surface area contributed by atoms with Crippen molar-refractivity contribution in [1.29, 1.82) is 0 Å². The largest absolute Gasteiger partial charge is 0.453 e. The van der Waals surface area contributed by atoms with Crippen LogP contribution in [0.4, 0.5) is 23.7 Å². The number of fused-ring (bicyclic) bond motifs is 2. The highest BCUT2D eigenvalue weighted by Gasteiger charge is 2.50. The number of benzene rings is 2. The summed E-state index contributed by atoms with van der Waals surface area (Å²) in [4.78, 5) is 37.2. The van der Waals surface area contributed by atoms with Gasteiger partial charge in [-0.1, -0.05) is 25.4 Å². The maximum absolute atomic E-state index is 13.9. The van der Waals surface area contributed by atoms with Crippen LogP contribution in [0.5, 0.6) is 0 Å². The number of carbonyl (C=O) groups is 3. The quantitative estimate of drug-likeness (QED) is 0.359. The molecule has 0 aromatic heterocycles. The number of amides is 3. The monoisotopic (exact) mass is 629 g/mol. The van der Waals surface area contributed by atoms with Crippen molar-refractivity contribution >= 4 is 45.0 Å². The number of hydrogen-bond acceptors (Lipinski definition) is 6. The maximum atomic E-state index is 13.9. The normalized spacial score (nSPS) is 22.4. The SMILES string of the molecule is COC(=O)N[C@@H](C(=O)N[C@H]1CC2CCC(C1)[C@@H]2S(=O)(=O)c1cc(C(=O)Nc2cc(F)c(F)c(F)c2)ccc1Cl)C(C)C. The fraction of sp³-hybridized carbons (Fsp3) is 0.464. The molecule has 14 heteroatoms. The molecular weight excluding hydrogens is 599 g/mol. The highest BCUT2D eigenvalue weighted by molar-refractivity contribution is 7.92. The molecule has 3 N–H and O–H groups in total. The molecule has 228 valence electrons. The van der Waals surface area contributed by atoms with Gasteiger partial charge in [0.1, 0.15) is 6.04 Å². The van der Waals surface area contributed by atoms with Crippen LogP contribution >= 0.6 is 11.6 Å². The average Bonchev–Trinajstić information content (AvgIpc) is 3.21. The lowest BCUT2D eigenvalue weighted by atomic mass is 9.84. The minimum absolute atomic E-state index is 0.0890. The van der Waals surface area contributed by atoms with E-state index in [1.807, 2.05) is 0 Å². The third kappa shape index (κ3) is 6.51. The number of nitrogens with one attached hydrogen (secondary N) is 3. The fourth-order valence-corrected chi connectivity index (χ4v) is 8.82. The van der Waals surface area contributed by atoms with Crippen LogP contribution in [-0.2, 0) is 19.4 Å². The van der Waals surface area contributed by atoms with Gasteiger partial charge in [0, 0.05) is 29.4 Å². The Kier molecular flexibility index (Phi) is 9.41. The van der Waals surface area contributed by atoms with Crippen LogP contribution in [0.2, 0.25) is 5.02 Å². The molecule has 2 saturated carbocycles. The molecule has 2 unspecified atom stereocenters. The van der Waals surface area contributed by atoms with E-state index in [-0.39, 0.29) is 50.9 Å². The summed E-state index contributed by atoms with van der Waals surface area (Å²) >= 11 is 6.30. The van der Waals surface area contributed by atoms with E-state index in [1.165, 1.54) is 19.2 Å². The molecule has 0 heterocycles. The summed E-state index contributed by atoms with van der Waals surface area (Å²) in [6, 6.07) is 3.72. The van der Waals surface area contributed by atoms with E-state index in [0.717, 1.165) is 6.07 Å². The Bertz CT molecular complexity index is 1470. The van der Waals surface area contributed by atoms with Crippen LogP contribution in [0.15, 0.2) is 35.2 Å². The van der Waals surface area contributed by atoms with E-state index in [4.69, 9.17) is 11.6 Å². The van der Waals surface area contributed by atoms with Gasteiger partial charge in [0.05, 0.1) is 22.3 Å². The predicted octanol–water partition coefficient (Wildman–Crippen LogP) is 4.84. The zero-order valence-electron chi connectivity index (χ0n) is 23.0. The lowest BCUT2D eigenvalue weighted by molar-refractivity contribution is -0.125. The first-order valence-corrected chi connectivity index (χ1v) is 15.3. The Morgan fingerprint density at radius 2 is 1.60 bits per heavy atom. The van der Waals surface area contributed by atoms with Crippen LogP contribution < -0.4 is 16.0 Å². The third-order valence-electron chi connectivity index (χ3n) is 7.87. The number of anilines is 1. The number of carbonyl (C=O) groups excluding carboxylic acids is 3. The average molecular weight is 630 g/mol. The minimum Gasteiger partial charge on any atom is -0.453 e. The van der Waals surface area contributed by atoms with Crippen LogP contribution in [-0.4, -0.2) is 50.8 Å². The summed E-state index contributed by atoms with van der Waals surface area (Å²) in [5.41, 5.74) is -0.482. The molecule has 42 heavy (non-hydrogen) atoms. The van der Waals surface area contributed by atoms with Crippen molar-refractivity contribution in [3.8, 4) is 0 Å². The zero-order valence-corrected chi connectivity index (χ0v) is 24.6. The molecule has 9 nitrogen and oxygen atoms in total. The van der Waals surface area contributed by atoms with Crippen LogP contribution in [0.3, 0.4) is 0 Å². The topological polar surface area (TPSA) is 131 Å². The van der Waals surface area contributed by atoms with Crippen molar-refractivity contribution in [3.63, 3.8) is 0 Å². The van der Waals surface area contributed by atoms with Crippen molar-refractivity contribution in [3.05, 3.63) is 58.4 Å². The Labute approximate surface area is 246 Å². The standard InChI is InChI=1S/C28H31ClF3N3O6S/c1-13(2)24(35-28(38)41-3)27(37)34-17-8-14-4-5-15(9-17)25(14)42(39,40)22-10-16(6-7-19(22)29)26(36)33-18-11-20(30)23(32)21(31)12-18/h6-7,10-15,17,24-25H,4-5,8-9H2,1-3H3,(H,33,36)(H,34,37)(H,35,38)/t14?,15?,17-,24-,25+/m1/s1. The van der Waals surface area contributed by atoms with Crippen LogP contribution in [0.25, 0.3) is 0 Å². The summed E-state index contributed by atoms with van der Waals surface area (Å²) < 4.78 is 72.9. The second-order valence-electron chi connectivity index (χ2n) is 11.0. The molecule has 0 aliphatic heterocycles. The van der Waals surface area contributed by atoms with Crippen molar-refractivity contribution < 1.29 is 40.7 Å². The van der Waals surface area contributed by atoms with Gasteiger partial charge in [-0.05, 0) is 61.6 Å². The van der Waals surface area contributed by atoms with Crippen LogP contribution in [0, 0.1) is 35.2 Å². The van der Waals surface area contributed by atoms with Gasteiger partial charge in [-0.25, -0.2) is 26.4 Å². The molecule has 0 radical (unpaired) electrons. The Hall–Kier alpha value is -3.32. The Morgan fingerprint density at radius 1 is 1.00 bits per heavy atom. The van der Waals surface area contributed by atoms with E-state index in [0.29, 0.717) is 37.8 Å². The third-order valence-corrected chi connectivity index (χ3v) is 10.7. The van der Waals surface area contributed by atoms with Gasteiger partial charge in [-0.15, -0.1) is 0 Å². The first-order chi connectivity index (χ1) is 19.7. The number of hydrogen-bond donors (Lipinski definition) is 3. The van der Waals surface area contributed by atoms with Crippen molar-refractivity contribution in [2.24, 2.45) is 17.8 Å². The van der Waals surface area contributed by atoms with Gasteiger partial charge in [0.15, 0.2) is 27.3 Å². The van der Waals surface area contributed by atoms with E-state index in [1.54, 1.807) is 13.8 Å². The molecule has 2 aliphatic rings. The van der Waals surface area contributed by atoms with E-state index in [2.05, 4.69) is 20.7 Å². The molecule has 0 spiro atoms. The highest BCUT2D eigenvalue weighted by Crippen LogP contribution is 2.48. The molecule has 2 aromatic rings. The molecule has 0 saturated heterocycles. The Morgan fingerprint density at radius 3 is 2.14 bits per heavy atom. The van der Waals surface area contributed by atoms with Gasteiger partial charge in [-0.2, -0.15) is 0 Å². The summed E-state index contributed by atoms with van der Waals surface area (Å²) in [6.07, 6.45) is 1.30. The second kappa shape index (κ2) is 12.5. The molecule has 4 rings (SSSR count). The number of sulfone groups is 1. The molecular formula is C28H31ClF3N3O6S. The van der Waals surface area contributed by atoms with Crippen molar-refractivity contribution in [2.45, 2.75) is 61.8 Å². The zero-order chi connectivity index (χ0) is 30.9. The molecule has 2 bridgehead atoms. The molecule has 3 atom stereocenters. The van der Waals surface area contributed by atoms with E-state index in [9.17, 15) is 36.0 Å². The second-order valence-corrected chi connectivity index (χ2v) is 13.5. The molecule has 2 aromatic carbocycles. The van der Waals surface area contributed by atoms with E-state index < -0.39 is 50.6 Å². The smallest absolute Gasteiger partial charge is 0.407 e. The van der Waals surface area contributed by atoms with Gasteiger partial charge in [0.25, 0.3) is 5.91 Å². The first kappa shape index (κ1) is 31.6. The van der Waals surface area contributed by atoms with Gasteiger partial charge in [0.2, 0.25) is 5.91 Å². The van der Waals surface area contributed by atoms with Crippen molar-refractivity contribution in [2.75, 3.05) is 12.4 Å². The summed E-state index contributed by atoms with van der Waals surface area (Å²) in [6.45, 7) is 3.56. The number of rotatable bonds is 8. The summed E-state index contributed by atoms with van der Waals surface area (Å²) in [5, 5.41) is 6.82. The maximum Gasteiger partial charge on any atom is 0.407 e. The predicted molar refractivity (Wildman–Crippen MR) is 148 cm³/mol. The molecule has 3 amide bonds. The summed E-state index contributed by atoms with van der Waals surface area (Å²) in [7, 11) is -2.84. The number of methoxy groups -OCH3 is 1. The van der Waals surface area contributed by atoms with Crippen LogP contribution in [0.1, 0.15) is 49.9 Å². The lowest BCUT2D eigenvalue weighted by Gasteiger charge is -2.36.